The van der Waals surface area contributed by atoms with E-state index in [1.54, 1.807) is 0 Å². The maximum Gasteiger partial charge on any atom is 0.241 e. The van der Waals surface area contributed by atoms with Crippen molar-refractivity contribution in [3.63, 3.8) is 0 Å². The highest BCUT2D eigenvalue weighted by Gasteiger charge is 2.39. The molecule has 0 aromatic heterocycles. The van der Waals surface area contributed by atoms with E-state index in [0.717, 1.165) is 25.3 Å². The molecule has 0 radical (unpaired) electrons. The summed E-state index contributed by atoms with van der Waals surface area (Å²) in [6, 6.07) is 8.39. The number of amides is 1. The lowest BCUT2D eigenvalue weighted by atomic mass is 9.83. The van der Waals surface area contributed by atoms with Gasteiger partial charge in [0.15, 0.2) is 0 Å². The number of nitrogens with zero attached hydrogens (tertiary/aromatic N) is 1. The van der Waals surface area contributed by atoms with E-state index in [4.69, 9.17) is 0 Å². The molecule has 1 saturated carbocycles. The first-order valence-electron chi connectivity index (χ1n) is 8.32. The highest BCUT2D eigenvalue weighted by molar-refractivity contribution is 5.84. The second-order valence-electron chi connectivity index (χ2n) is 6.50. The summed E-state index contributed by atoms with van der Waals surface area (Å²) < 4.78 is 0. The molecule has 3 rings (SSSR count). The molecule has 21 heavy (non-hydrogen) atoms. The van der Waals surface area contributed by atoms with Gasteiger partial charge in [0.05, 0.1) is 6.04 Å². The molecular weight excluding hydrogens is 260 g/mol. The van der Waals surface area contributed by atoms with Crippen LogP contribution in [0.3, 0.4) is 0 Å². The third kappa shape index (κ3) is 2.84. The van der Waals surface area contributed by atoms with Gasteiger partial charge in [-0.15, -0.1) is 0 Å². The van der Waals surface area contributed by atoms with Crippen molar-refractivity contribution in [2.75, 3.05) is 6.54 Å². The quantitative estimate of drug-likeness (QED) is 0.900. The van der Waals surface area contributed by atoms with Crippen molar-refractivity contribution in [2.24, 2.45) is 5.92 Å². The van der Waals surface area contributed by atoms with Crippen molar-refractivity contribution in [2.45, 2.75) is 58.2 Å². The lowest BCUT2D eigenvalue weighted by molar-refractivity contribution is -0.130. The molecule has 1 heterocycles. The standard InChI is InChI=1S/C18H26N2O/c1-3-16-18(21)20(12-11-14-8-6-9-14)17(19-16)15-10-5-4-7-13(15)2/h4-5,7,10,14,16-17,19H,3,6,8-9,11-12H2,1-2H3. The van der Waals surface area contributed by atoms with Gasteiger partial charge in [0.1, 0.15) is 6.17 Å². The Balaban J connectivity index is 1.78. The smallest absolute Gasteiger partial charge is 0.241 e. The Morgan fingerprint density at radius 3 is 2.67 bits per heavy atom. The van der Waals surface area contributed by atoms with Crippen LogP contribution in [0.2, 0.25) is 0 Å². The van der Waals surface area contributed by atoms with E-state index in [0.29, 0.717) is 0 Å². The zero-order chi connectivity index (χ0) is 14.8. The minimum atomic E-state index is -0.0176. The Hall–Kier alpha value is -1.35. The van der Waals surface area contributed by atoms with E-state index in [2.05, 4.69) is 48.3 Å². The summed E-state index contributed by atoms with van der Waals surface area (Å²) in [4.78, 5) is 14.7. The lowest BCUT2D eigenvalue weighted by Crippen LogP contribution is -2.33. The van der Waals surface area contributed by atoms with Crippen LogP contribution in [0.4, 0.5) is 0 Å². The third-order valence-electron chi connectivity index (χ3n) is 5.15. The Bertz CT molecular complexity index is 510. The number of nitrogens with one attached hydrogen (secondary N) is 1. The van der Waals surface area contributed by atoms with Crippen LogP contribution in [0.1, 0.15) is 56.3 Å². The molecule has 1 amide bonds. The molecule has 1 aromatic rings. The van der Waals surface area contributed by atoms with Crippen molar-refractivity contribution in [3.05, 3.63) is 35.4 Å². The predicted molar refractivity (Wildman–Crippen MR) is 84.8 cm³/mol. The van der Waals surface area contributed by atoms with Gasteiger partial charge in [-0.2, -0.15) is 0 Å². The lowest BCUT2D eigenvalue weighted by Gasteiger charge is -2.30. The molecule has 1 N–H and O–H groups in total. The number of carbonyl (C=O) groups excluding carboxylic acids is 1. The van der Waals surface area contributed by atoms with Crippen LogP contribution in [0.25, 0.3) is 0 Å². The third-order valence-corrected chi connectivity index (χ3v) is 5.15. The topological polar surface area (TPSA) is 32.3 Å². The van der Waals surface area contributed by atoms with Crippen LogP contribution in [0.5, 0.6) is 0 Å². The predicted octanol–water partition coefficient (Wildman–Crippen LogP) is 3.39. The Morgan fingerprint density at radius 2 is 2.05 bits per heavy atom. The minimum absolute atomic E-state index is 0.0176. The summed E-state index contributed by atoms with van der Waals surface area (Å²) in [5.74, 6) is 1.13. The molecule has 1 aliphatic carbocycles. The van der Waals surface area contributed by atoms with Crippen LogP contribution in [-0.2, 0) is 4.79 Å². The van der Waals surface area contributed by atoms with E-state index in [1.807, 2.05) is 0 Å². The van der Waals surface area contributed by atoms with E-state index in [9.17, 15) is 4.79 Å². The molecule has 2 atom stereocenters. The first-order chi connectivity index (χ1) is 10.2. The molecule has 3 heteroatoms. The molecule has 2 fully saturated rings. The summed E-state index contributed by atoms with van der Waals surface area (Å²) in [7, 11) is 0. The summed E-state index contributed by atoms with van der Waals surface area (Å²) in [6.07, 6.45) is 6.15. The molecule has 2 aliphatic rings. The number of rotatable bonds is 5. The maximum absolute atomic E-state index is 12.6. The second-order valence-corrected chi connectivity index (χ2v) is 6.50. The van der Waals surface area contributed by atoms with Crippen molar-refractivity contribution in [1.82, 2.24) is 10.2 Å². The van der Waals surface area contributed by atoms with Gasteiger partial charge >= 0.3 is 0 Å². The fourth-order valence-corrected chi connectivity index (χ4v) is 3.47. The van der Waals surface area contributed by atoms with Gasteiger partial charge in [-0.3, -0.25) is 10.1 Å². The van der Waals surface area contributed by atoms with Gasteiger partial charge in [-0.05, 0) is 36.8 Å². The summed E-state index contributed by atoms with van der Waals surface area (Å²) in [5.41, 5.74) is 2.50. The highest BCUT2D eigenvalue weighted by atomic mass is 16.2. The molecule has 0 spiro atoms. The molecule has 3 nitrogen and oxygen atoms in total. The Kier molecular flexibility index (Phi) is 4.29. The van der Waals surface area contributed by atoms with E-state index in [1.165, 1.54) is 30.4 Å². The van der Waals surface area contributed by atoms with E-state index in [-0.39, 0.29) is 18.1 Å². The monoisotopic (exact) mass is 286 g/mol. The Labute approximate surface area is 127 Å². The van der Waals surface area contributed by atoms with Crippen LogP contribution in [-0.4, -0.2) is 23.4 Å². The maximum atomic E-state index is 12.6. The zero-order valence-electron chi connectivity index (χ0n) is 13.1. The molecule has 1 aliphatic heterocycles. The molecular formula is C18H26N2O. The average molecular weight is 286 g/mol. The van der Waals surface area contributed by atoms with Crippen molar-refractivity contribution < 1.29 is 4.79 Å². The molecule has 114 valence electrons. The number of hydrogen-bond donors (Lipinski definition) is 1. The number of benzene rings is 1. The summed E-state index contributed by atoms with van der Waals surface area (Å²) in [6.45, 7) is 5.11. The van der Waals surface area contributed by atoms with Crippen molar-refractivity contribution in [3.8, 4) is 0 Å². The highest BCUT2D eigenvalue weighted by Crippen LogP contribution is 2.33. The zero-order valence-corrected chi connectivity index (χ0v) is 13.1. The number of carbonyl (C=O) groups is 1. The molecule has 0 bridgehead atoms. The fourth-order valence-electron chi connectivity index (χ4n) is 3.47. The normalized spacial score (nSPS) is 26.2. The van der Waals surface area contributed by atoms with Gasteiger partial charge < -0.3 is 4.90 Å². The second kappa shape index (κ2) is 6.18. The fraction of sp³-hybridized carbons (Fsp3) is 0.611. The number of aryl methyl sites for hydroxylation is 1. The van der Waals surface area contributed by atoms with Crippen LogP contribution < -0.4 is 5.32 Å². The van der Waals surface area contributed by atoms with Crippen molar-refractivity contribution in [1.29, 1.82) is 0 Å². The van der Waals surface area contributed by atoms with E-state index >= 15 is 0 Å². The van der Waals surface area contributed by atoms with Gasteiger partial charge in [-0.25, -0.2) is 0 Å². The SMILES string of the molecule is CCC1NC(c2ccccc2C)N(CCC2CCC2)C1=O. The van der Waals surface area contributed by atoms with E-state index < -0.39 is 0 Å². The Morgan fingerprint density at radius 1 is 1.29 bits per heavy atom. The van der Waals surface area contributed by atoms with Crippen LogP contribution in [0, 0.1) is 12.8 Å². The number of hydrogen-bond acceptors (Lipinski definition) is 2. The van der Waals surface area contributed by atoms with Crippen LogP contribution >= 0.6 is 0 Å². The molecule has 1 aromatic carbocycles. The summed E-state index contributed by atoms with van der Waals surface area (Å²) >= 11 is 0. The van der Waals surface area contributed by atoms with Crippen molar-refractivity contribution >= 4 is 5.91 Å². The molecule has 2 unspecified atom stereocenters. The average Bonchev–Trinajstić information content (AvgIpc) is 2.75. The van der Waals surface area contributed by atoms with Gasteiger partial charge in [0, 0.05) is 6.54 Å². The molecule has 1 saturated heterocycles. The van der Waals surface area contributed by atoms with Gasteiger partial charge in [-0.1, -0.05) is 50.5 Å². The minimum Gasteiger partial charge on any atom is -0.322 e. The largest absolute Gasteiger partial charge is 0.322 e. The first kappa shape index (κ1) is 14.6. The summed E-state index contributed by atoms with van der Waals surface area (Å²) in [5, 5.41) is 3.53. The van der Waals surface area contributed by atoms with Crippen LogP contribution in [0.15, 0.2) is 24.3 Å². The first-order valence-corrected chi connectivity index (χ1v) is 8.32. The van der Waals surface area contributed by atoms with Gasteiger partial charge in [0.2, 0.25) is 5.91 Å². The van der Waals surface area contributed by atoms with Gasteiger partial charge in [0.25, 0.3) is 0 Å².